The Kier molecular flexibility index (Phi) is 4.92. The monoisotopic (exact) mass is 128 g/mol. The third-order valence-electron chi connectivity index (χ3n) is 0.988. The molecule has 9 heavy (non-hydrogen) atoms. The van der Waals surface area contributed by atoms with Crippen molar-refractivity contribution in [3.8, 4) is 0 Å². The van der Waals surface area contributed by atoms with E-state index in [-0.39, 0.29) is 0 Å². The number of furan rings is 1. The second-order valence-corrected chi connectivity index (χ2v) is 1.49. The Balaban J connectivity index is 0.000000291. The summed E-state index contributed by atoms with van der Waals surface area (Å²) in [5.74, 6) is 0. The minimum atomic E-state index is 1.00. The van der Waals surface area contributed by atoms with Crippen LogP contribution in [0.3, 0.4) is 0 Å². The van der Waals surface area contributed by atoms with Gasteiger partial charge in [0.2, 0.25) is 0 Å². The Hall–Kier alpha value is -0.760. The first-order valence-electron chi connectivity index (χ1n) is 2.89. The summed E-state index contributed by atoms with van der Waals surface area (Å²) in [6, 6.07) is 1.97. The number of rotatable bonds is 1. The highest BCUT2D eigenvalue weighted by molar-refractivity contribution is 5.03. The van der Waals surface area contributed by atoms with Gasteiger partial charge in [-0.1, -0.05) is 6.92 Å². The third-order valence-corrected chi connectivity index (χ3v) is 0.988. The second-order valence-electron chi connectivity index (χ2n) is 1.49. The molecule has 0 spiro atoms. The van der Waals surface area contributed by atoms with Gasteiger partial charge in [-0.05, 0) is 18.1 Å². The normalized spacial score (nSPS) is 7.89. The third kappa shape index (κ3) is 2.93. The molecule has 0 fully saturated rings. The molecule has 52 valence electrons. The van der Waals surface area contributed by atoms with Gasteiger partial charge in [0.25, 0.3) is 0 Å². The van der Waals surface area contributed by atoms with Crippen LogP contribution in [0.4, 0.5) is 0 Å². The fourth-order valence-electron chi connectivity index (χ4n) is 0.494. The number of aliphatic hydroxyl groups excluding tert-OH is 1. The van der Waals surface area contributed by atoms with Crippen molar-refractivity contribution >= 4 is 0 Å². The van der Waals surface area contributed by atoms with Crippen LogP contribution in [0.15, 0.2) is 23.0 Å². The molecule has 1 N–H and O–H groups in total. The van der Waals surface area contributed by atoms with Crippen LogP contribution in [0.5, 0.6) is 0 Å². The molecule has 0 aliphatic heterocycles. The number of aryl methyl sites for hydroxylation is 1. The van der Waals surface area contributed by atoms with Gasteiger partial charge in [-0.2, -0.15) is 0 Å². The van der Waals surface area contributed by atoms with Crippen LogP contribution in [0, 0.1) is 0 Å². The van der Waals surface area contributed by atoms with E-state index in [4.69, 9.17) is 9.52 Å². The Morgan fingerprint density at radius 2 is 2.22 bits per heavy atom. The molecular weight excluding hydrogens is 116 g/mol. The first-order valence-corrected chi connectivity index (χ1v) is 2.89. The lowest BCUT2D eigenvalue weighted by Crippen LogP contribution is -1.66. The summed E-state index contributed by atoms with van der Waals surface area (Å²) < 4.78 is 4.81. The van der Waals surface area contributed by atoms with Crippen LogP contribution in [0.2, 0.25) is 0 Å². The fourth-order valence-corrected chi connectivity index (χ4v) is 0.494. The summed E-state index contributed by atoms with van der Waals surface area (Å²) in [6.45, 7) is 2.10. The largest absolute Gasteiger partial charge is 0.472 e. The van der Waals surface area contributed by atoms with Gasteiger partial charge in [-0.25, -0.2) is 0 Å². The van der Waals surface area contributed by atoms with Crippen molar-refractivity contribution in [3.05, 3.63) is 24.2 Å². The standard InChI is InChI=1S/C6H8O.CH4O/c1-2-6-3-4-7-5-6;1-2/h3-5H,2H2,1H3;2H,1H3. The summed E-state index contributed by atoms with van der Waals surface area (Å²) in [6.07, 6.45) is 4.52. The maximum Gasteiger partial charge on any atom is 0.0934 e. The van der Waals surface area contributed by atoms with Crippen molar-refractivity contribution in [1.82, 2.24) is 0 Å². The van der Waals surface area contributed by atoms with Gasteiger partial charge >= 0.3 is 0 Å². The second kappa shape index (κ2) is 5.38. The molecule has 0 saturated heterocycles. The molecule has 0 amide bonds. The first-order chi connectivity index (χ1) is 4.43. The van der Waals surface area contributed by atoms with E-state index < -0.39 is 0 Å². The Morgan fingerprint density at radius 1 is 1.56 bits per heavy atom. The van der Waals surface area contributed by atoms with Crippen molar-refractivity contribution in [2.24, 2.45) is 0 Å². The van der Waals surface area contributed by atoms with Crippen LogP contribution >= 0.6 is 0 Å². The number of aliphatic hydroxyl groups is 1. The predicted octanol–water partition coefficient (Wildman–Crippen LogP) is 1.45. The SMILES string of the molecule is CCc1ccoc1.CO. The van der Waals surface area contributed by atoms with Crippen molar-refractivity contribution in [1.29, 1.82) is 0 Å². The van der Waals surface area contributed by atoms with Crippen LogP contribution in [0.25, 0.3) is 0 Å². The average Bonchev–Trinajstić information content (AvgIpc) is 2.43. The van der Waals surface area contributed by atoms with E-state index in [0.29, 0.717) is 0 Å². The fraction of sp³-hybridized carbons (Fsp3) is 0.429. The highest BCUT2D eigenvalue weighted by Crippen LogP contribution is 1.98. The lowest BCUT2D eigenvalue weighted by Gasteiger charge is -1.76. The molecule has 0 aromatic carbocycles. The minimum absolute atomic E-state index is 1.00. The zero-order valence-electron chi connectivity index (χ0n) is 5.79. The van der Waals surface area contributed by atoms with E-state index in [1.807, 2.05) is 6.07 Å². The summed E-state index contributed by atoms with van der Waals surface area (Å²) in [7, 11) is 1.00. The van der Waals surface area contributed by atoms with E-state index in [0.717, 1.165) is 13.5 Å². The molecule has 2 heteroatoms. The highest BCUT2D eigenvalue weighted by atomic mass is 16.3. The maximum atomic E-state index is 7.00. The molecule has 0 bridgehead atoms. The molecular formula is C7H12O2. The van der Waals surface area contributed by atoms with Crippen LogP contribution in [-0.4, -0.2) is 12.2 Å². The Bertz CT molecular complexity index is 121. The molecule has 1 rings (SSSR count). The average molecular weight is 128 g/mol. The molecule has 0 saturated carbocycles. The van der Waals surface area contributed by atoms with Gasteiger partial charge in [0, 0.05) is 7.11 Å². The highest BCUT2D eigenvalue weighted by Gasteiger charge is 1.83. The molecule has 0 aliphatic carbocycles. The zero-order chi connectivity index (χ0) is 7.11. The van der Waals surface area contributed by atoms with Gasteiger partial charge in [0.05, 0.1) is 12.5 Å². The Morgan fingerprint density at radius 3 is 2.44 bits per heavy atom. The minimum Gasteiger partial charge on any atom is -0.472 e. The molecule has 0 radical (unpaired) electrons. The lowest BCUT2D eigenvalue weighted by molar-refractivity contribution is 0.399. The number of hydrogen-bond donors (Lipinski definition) is 1. The maximum absolute atomic E-state index is 7.00. The van der Waals surface area contributed by atoms with E-state index in [2.05, 4.69) is 6.92 Å². The molecule has 2 nitrogen and oxygen atoms in total. The van der Waals surface area contributed by atoms with Gasteiger partial charge in [-0.15, -0.1) is 0 Å². The predicted molar refractivity (Wildman–Crippen MR) is 36.2 cm³/mol. The van der Waals surface area contributed by atoms with Crippen LogP contribution < -0.4 is 0 Å². The van der Waals surface area contributed by atoms with Crippen LogP contribution in [0.1, 0.15) is 12.5 Å². The summed E-state index contributed by atoms with van der Waals surface area (Å²) in [4.78, 5) is 0. The molecule has 0 aliphatic rings. The summed E-state index contributed by atoms with van der Waals surface area (Å²) >= 11 is 0. The number of hydrogen-bond acceptors (Lipinski definition) is 2. The van der Waals surface area contributed by atoms with E-state index in [9.17, 15) is 0 Å². The molecule has 1 aromatic heterocycles. The van der Waals surface area contributed by atoms with Gasteiger partial charge in [0.1, 0.15) is 0 Å². The van der Waals surface area contributed by atoms with Crippen molar-refractivity contribution in [3.63, 3.8) is 0 Å². The smallest absolute Gasteiger partial charge is 0.0934 e. The molecule has 1 aromatic rings. The van der Waals surface area contributed by atoms with Gasteiger partial charge < -0.3 is 9.52 Å². The van der Waals surface area contributed by atoms with E-state index in [1.165, 1.54) is 5.56 Å². The molecule has 0 atom stereocenters. The van der Waals surface area contributed by atoms with Crippen molar-refractivity contribution in [2.75, 3.05) is 7.11 Å². The van der Waals surface area contributed by atoms with E-state index >= 15 is 0 Å². The lowest BCUT2D eigenvalue weighted by atomic mass is 10.3. The molecule has 0 unspecified atom stereocenters. The quantitative estimate of drug-likeness (QED) is 0.621. The zero-order valence-corrected chi connectivity index (χ0v) is 5.79. The van der Waals surface area contributed by atoms with E-state index in [1.54, 1.807) is 12.5 Å². The Labute approximate surface area is 55.1 Å². The van der Waals surface area contributed by atoms with Crippen molar-refractivity contribution in [2.45, 2.75) is 13.3 Å². The van der Waals surface area contributed by atoms with Gasteiger partial charge in [0.15, 0.2) is 0 Å². The van der Waals surface area contributed by atoms with Crippen molar-refractivity contribution < 1.29 is 9.52 Å². The molecule has 1 heterocycles. The first kappa shape index (κ1) is 8.24. The summed E-state index contributed by atoms with van der Waals surface area (Å²) in [5.41, 5.74) is 1.26. The van der Waals surface area contributed by atoms with Crippen LogP contribution in [-0.2, 0) is 6.42 Å². The van der Waals surface area contributed by atoms with Gasteiger partial charge in [-0.3, -0.25) is 0 Å². The summed E-state index contributed by atoms with van der Waals surface area (Å²) in [5, 5.41) is 7.00. The topological polar surface area (TPSA) is 33.4 Å².